The number of halogens is 1. The summed E-state index contributed by atoms with van der Waals surface area (Å²) in [4.78, 5) is 0. The van der Waals surface area contributed by atoms with Crippen LogP contribution in [0.4, 0.5) is 0 Å². The van der Waals surface area contributed by atoms with Gasteiger partial charge in [0.2, 0.25) is 0 Å². The molecular formula is C10H11BrN2O. The maximum Gasteiger partial charge on any atom is 0.123 e. The predicted octanol–water partition coefficient (Wildman–Crippen LogP) is 2.37. The molecule has 0 bridgehead atoms. The van der Waals surface area contributed by atoms with Crippen LogP contribution in [0.3, 0.4) is 0 Å². The van der Waals surface area contributed by atoms with E-state index >= 15 is 0 Å². The maximum atomic E-state index is 8.55. The number of hydrogen-bond acceptors (Lipinski definition) is 3. The van der Waals surface area contributed by atoms with Crippen LogP contribution in [0, 0.1) is 11.3 Å². The third kappa shape index (κ3) is 2.47. The molecule has 0 unspecified atom stereocenters. The summed E-state index contributed by atoms with van der Waals surface area (Å²) in [7, 11) is 1.59. The van der Waals surface area contributed by atoms with Gasteiger partial charge in [0.1, 0.15) is 5.75 Å². The minimum Gasteiger partial charge on any atom is -0.496 e. The Morgan fingerprint density at radius 1 is 1.64 bits per heavy atom. The molecule has 0 saturated heterocycles. The van der Waals surface area contributed by atoms with Crippen LogP contribution in [0.1, 0.15) is 18.0 Å². The van der Waals surface area contributed by atoms with Crippen LogP contribution in [-0.2, 0) is 0 Å². The number of nitrogens with two attached hydrogens (primary N) is 1. The van der Waals surface area contributed by atoms with Crippen molar-refractivity contribution in [1.29, 1.82) is 5.26 Å². The molecule has 1 aromatic carbocycles. The number of nitrogens with zero attached hydrogens (tertiary/aromatic N) is 1. The molecule has 0 saturated carbocycles. The second-order valence-corrected chi connectivity index (χ2v) is 3.77. The molecule has 14 heavy (non-hydrogen) atoms. The fourth-order valence-electron chi connectivity index (χ4n) is 1.20. The number of rotatable bonds is 3. The first-order valence-electron chi connectivity index (χ1n) is 4.15. The highest BCUT2D eigenvalue weighted by Gasteiger charge is 2.11. The van der Waals surface area contributed by atoms with Crippen molar-refractivity contribution in [1.82, 2.24) is 0 Å². The largest absolute Gasteiger partial charge is 0.496 e. The molecule has 0 heterocycles. The van der Waals surface area contributed by atoms with Gasteiger partial charge in [0.15, 0.2) is 0 Å². The summed E-state index contributed by atoms with van der Waals surface area (Å²) in [6.07, 6.45) is 0.285. The molecule has 0 aromatic heterocycles. The van der Waals surface area contributed by atoms with Gasteiger partial charge in [-0.15, -0.1) is 0 Å². The SMILES string of the molecule is COc1ccc(Br)cc1[C@H](N)CC#N. The highest BCUT2D eigenvalue weighted by Crippen LogP contribution is 2.28. The fourth-order valence-corrected chi connectivity index (χ4v) is 1.58. The summed E-state index contributed by atoms with van der Waals surface area (Å²) in [6.45, 7) is 0. The second-order valence-electron chi connectivity index (χ2n) is 2.86. The van der Waals surface area contributed by atoms with Gasteiger partial charge >= 0.3 is 0 Å². The zero-order valence-corrected chi connectivity index (χ0v) is 9.41. The number of ether oxygens (including phenoxy) is 1. The molecule has 2 N–H and O–H groups in total. The van der Waals surface area contributed by atoms with Crippen molar-refractivity contribution in [3.8, 4) is 11.8 Å². The van der Waals surface area contributed by atoms with Gasteiger partial charge in [0.05, 0.1) is 19.6 Å². The van der Waals surface area contributed by atoms with E-state index in [-0.39, 0.29) is 12.5 Å². The Hall–Kier alpha value is -1.05. The first-order valence-corrected chi connectivity index (χ1v) is 4.94. The number of benzene rings is 1. The number of hydrogen-bond donors (Lipinski definition) is 1. The minimum atomic E-state index is -0.299. The molecule has 0 radical (unpaired) electrons. The highest BCUT2D eigenvalue weighted by molar-refractivity contribution is 9.10. The smallest absolute Gasteiger partial charge is 0.123 e. The molecule has 74 valence electrons. The number of nitriles is 1. The van der Waals surface area contributed by atoms with Gasteiger partial charge in [0, 0.05) is 16.1 Å². The van der Waals surface area contributed by atoms with Crippen molar-refractivity contribution in [2.24, 2.45) is 5.73 Å². The van der Waals surface area contributed by atoms with Crippen LogP contribution in [0.15, 0.2) is 22.7 Å². The van der Waals surface area contributed by atoms with Crippen molar-refractivity contribution in [2.45, 2.75) is 12.5 Å². The van der Waals surface area contributed by atoms with Crippen LogP contribution in [0.5, 0.6) is 5.75 Å². The van der Waals surface area contributed by atoms with Gasteiger partial charge in [-0.2, -0.15) is 5.26 Å². The summed E-state index contributed by atoms with van der Waals surface area (Å²) >= 11 is 3.35. The van der Waals surface area contributed by atoms with E-state index in [1.807, 2.05) is 24.3 Å². The molecule has 4 heteroatoms. The predicted molar refractivity (Wildman–Crippen MR) is 57.9 cm³/mol. The first-order chi connectivity index (χ1) is 6.69. The lowest BCUT2D eigenvalue weighted by Crippen LogP contribution is -2.10. The van der Waals surface area contributed by atoms with E-state index in [1.165, 1.54) is 0 Å². The molecule has 0 aliphatic rings. The van der Waals surface area contributed by atoms with Crippen LogP contribution in [0.2, 0.25) is 0 Å². The van der Waals surface area contributed by atoms with Crippen LogP contribution in [0.25, 0.3) is 0 Å². The Balaban J connectivity index is 3.04. The Labute approximate surface area is 91.6 Å². The van der Waals surface area contributed by atoms with E-state index in [2.05, 4.69) is 15.9 Å². The average Bonchev–Trinajstić information content (AvgIpc) is 2.18. The average molecular weight is 255 g/mol. The summed E-state index contributed by atoms with van der Waals surface area (Å²) < 4.78 is 6.09. The Bertz CT molecular complexity index is 360. The van der Waals surface area contributed by atoms with Crippen molar-refractivity contribution in [3.63, 3.8) is 0 Å². The van der Waals surface area contributed by atoms with E-state index in [0.717, 1.165) is 15.8 Å². The molecule has 1 rings (SSSR count). The molecule has 0 aliphatic heterocycles. The zero-order valence-electron chi connectivity index (χ0n) is 7.83. The molecule has 0 spiro atoms. The van der Waals surface area contributed by atoms with Gasteiger partial charge in [0.25, 0.3) is 0 Å². The van der Waals surface area contributed by atoms with Crippen LogP contribution < -0.4 is 10.5 Å². The van der Waals surface area contributed by atoms with E-state index in [9.17, 15) is 0 Å². The Morgan fingerprint density at radius 2 is 2.36 bits per heavy atom. The lowest BCUT2D eigenvalue weighted by atomic mass is 10.0. The topological polar surface area (TPSA) is 59.0 Å². The molecule has 0 amide bonds. The molecule has 1 atom stereocenters. The van der Waals surface area contributed by atoms with Crippen LogP contribution in [-0.4, -0.2) is 7.11 Å². The third-order valence-electron chi connectivity index (χ3n) is 1.90. The van der Waals surface area contributed by atoms with Gasteiger partial charge < -0.3 is 10.5 Å². The summed E-state index contributed by atoms with van der Waals surface area (Å²) in [5, 5.41) is 8.55. The number of methoxy groups -OCH3 is 1. The van der Waals surface area contributed by atoms with Crippen molar-refractivity contribution in [2.75, 3.05) is 7.11 Å². The molecule has 0 aliphatic carbocycles. The summed E-state index contributed by atoms with van der Waals surface area (Å²) in [6, 6.07) is 7.32. The minimum absolute atomic E-state index is 0.285. The van der Waals surface area contributed by atoms with E-state index in [0.29, 0.717) is 0 Å². The van der Waals surface area contributed by atoms with E-state index < -0.39 is 0 Å². The second kappa shape index (κ2) is 4.99. The fraction of sp³-hybridized carbons (Fsp3) is 0.300. The van der Waals surface area contributed by atoms with Crippen molar-refractivity contribution >= 4 is 15.9 Å². The Kier molecular flexibility index (Phi) is 3.93. The zero-order chi connectivity index (χ0) is 10.6. The molecule has 3 nitrogen and oxygen atoms in total. The molecule has 1 aromatic rings. The summed E-state index contributed by atoms with van der Waals surface area (Å²) in [5.41, 5.74) is 6.68. The van der Waals surface area contributed by atoms with Crippen molar-refractivity contribution in [3.05, 3.63) is 28.2 Å². The summed E-state index contributed by atoms with van der Waals surface area (Å²) in [5.74, 6) is 0.718. The maximum absolute atomic E-state index is 8.55. The third-order valence-corrected chi connectivity index (χ3v) is 2.40. The monoisotopic (exact) mass is 254 g/mol. The van der Waals surface area contributed by atoms with Crippen molar-refractivity contribution < 1.29 is 4.74 Å². The molecule has 0 fully saturated rings. The standard InChI is InChI=1S/C10H11BrN2O/c1-14-10-3-2-7(11)6-8(10)9(13)4-5-12/h2-3,6,9H,4,13H2,1H3/t9-/m1/s1. The van der Waals surface area contributed by atoms with E-state index in [4.69, 9.17) is 15.7 Å². The highest BCUT2D eigenvalue weighted by atomic mass is 79.9. The lowest BCUT2D eigenvalue weighted by molar-refractivity contribution is 0.406. The van der Waals surface area contributed by atoms with E-state index in [1.54, 1.807) is 7.11 Å². The normalized spacial score (nSPS) is 11.9. The van der Waals surface area contributed by atoms with Gasteiger partial charge in [-0.3, -0.25) is 0 Å². The first kappa shape index (κ1) is 11.0. The Morgan fingerprint density at radius 3 is 2.93 bits per heavy atom. The lowest BCUT2D eigenvalue weighted by Gasteiger charge is -2.13. The van der Waals surface area contributed by atoms with Gasteiger partial charge in [-0.05, 0) is 18.2 Å². The van der Waals surface area contributed by atoms with Crippen LogP contribution >= 0.6 is 15.9 Å². The van der Waals surface area contributed by atoms with Gasteiger partial charge in [-0.25, -0.2) is 0 Å². The quantitative estimate of drug-likeness (QED) is 0.901. The van der Waals surface area contributed by atoms with Gasteiger partial charge in [-0.1, -0.05) is 15.9 Å². The molecular weight excluding hydrogens is 244 g/mol.